The first kappa shape index (κ1) is 19.6. The molecule has 0 unspecified atom stereocenters. The van der Waals surface area contributed by atoms with Crippen LogP contribution in [0.15, 0.2) is 24.3 Å². The number of aryl methyl sites for hydroxylation is 1. The van der Waals surface area contributed by atoms with Gasteiger partial charge in [0.2, 0.25) is 5.13 Å². The van der Waals surface area contributed by atoms with Gasteiger partial charge in [-0.05, 0) is 30.9 Å². The van der Waals surface area contributed by atoms with Gasteiger partial charge < -0.3 is 4.90 Å². The fourth-order valence-electron chi connectivity index (χ4n) is 2.77. The van der Waals surface area contributed by atoms with Gasteiger partial charge in [0, 0.05) is 19.0 Å². The maximum atomic E-state index is 13.2. The van der Waals surface area contributed by atoms with Gasteiger partial charge in [0.25, 0.3) is 0 Å². The highest BCUT2D eigenvalue weighted by molar-refractivity contribution is 7.15. The fraction of sp³-hybridized carbons (Fsp3) is 0.500. The number of unbranched alkanes of at least 4 members (excludes halogenated alkanes) is 1. The molecule has 1 aliphatic carbocycles. The monoisotopic (exact) mass is 398 g/mol. The number of urea groups is 1. The molecule has 1 aromatic carbocycles. The van der Waals surface area contributed by atoms with Crippen LogP contribution in [0, 0.1) is 0 Å². The third-order valence-electron chi connectivity index (χ3n) is 4.34. The van der Waals surface area contributed by atoms with E-state index < -0.39 is 17.8 Å². The lowest BCUT2D eigenvalue weighted by molar-refractivity contribution is -0.138. The first-order valence-corrected chi connectivity index (χ1v) is 9.75. The van der Waals surface area contributed by atoms with Crippen LogP contribution in [-0.4, -0.2) is 27.2 Å². The number of nitrogens with zero attached hydrogens (tertiary/aromatic N) is 3. The molecule has 2 amide bonds. The van der Waals surface area contributed by atoms with Gasteiger partial charge in [-0.25, -0.2) is 4.79 Å². The topological polar surface area (TPSA) is 58.1 Å². The van der Waals surface area contributed by atoms with Crippen molar-refractivity contribution in [2.45, 2.75) is 57.8 Å². The van der Waals surface area contributed by atoms with Gasteiger partial charge in [-0.15, -0.1) is 10.2 Å². The van der Waals surface area contributed by atoms with Crippen molar-refractivity contribution in [1.82, 2.24) is 15.1 Å². The van der Waals surface area contributed by atoms with Crippen LogP contribution in [0.2, 0.25) is 0 Å². The average molecular weight is 398 g/mol. The summed E-state index contributed by atoms with van der Waals surface area (Å²) in [5.74, 6) is 0. The van der Waals surface area contributed by atoms with E-state index in [0.29, 0.717) is 5.13 Å². The van der Waals surface area contributed by atoms with Crippen LogP contribution in [-0.2, 0) is 19.1 Å². The second kappa shape index (κ2) is 8.24. The van der Waals surface area contributed by atoms with Crippen molar-refractivity contribution >= 4 is 22.5 Å². The van der Waals surface area contributed by atoms with Gasteiger partial charge in [-0.3, -0.25) is 5.32 Å². The van der Waals surface area contributed by atoms with Crippen LogP contribution in [0.4, 0.5) is 23.1 Å². The zero-order chi connectivity index (χ0) is 19.4. The number of alkyl halides is 3. The molecule has 0 spiro atoms. The Hall–Kier alpha value is -2.16. The van der Waals surface area contributed by atoms with E-state index in [1.54, 1.807) is 6.07 Å². The average Bonchev–Trinajstić information content (AvgIpc) is 3.37. The van der Waals surface area contributed by atoms with E-state index in [1.807, 2.05) is 0 Å². The second-order valence-corrected chi connectivity index (χ2v) is 7.61. The lowest BCUT2D eigenvalue weighted by Gasteiger charge is -2.24. The molecule has 9 heteroatoms. The smallest absolute Gasteiger partial charge is 0.317 e. The quantitative estimate of drug-likeness (QED) is 0.706. The van der Waals surface area contributed by atoms with Gasteiger partial charge >= 0.3 is 12.2 Å². The van der Waals surface area contributed by atoms with Gasteiger partial charge in [-0.2, -0.15) is 13.2 Å². The lowest BCUT2D eigenvalue weighted by atomic mass is 10.1. The minimum atomic E-state index is -4.45. The Morgan fingerprint density at radius 2 is 2.04 bits per heavy atom. The molecular formula is C18H21F3N4OS. The van der Waals surface area contributed by atoms with E-state index in [4.69, 9.17) is 0 Å². The van der Waals surface area contributed by atoms with Gasteiger partial charge in [0.05, 0.1) is 5.56 Å². The largest absolute Gasteiger partial charge is 0.416 e. The number of rotatable bonds is 7. The second-order valence-electron chi connectivity index (χ2n) is 6.55. The standard InChI is InChI=1S/C18H21F3N4OS/c1-2-3-8-15-23-24-16(27-15)22-17(26)25(13-9-10-13)11-12-6-4-5-7-14(12)18(19,20)21/h4-7,13H,2-3,8-11H2,1H3,(H,22,24,26). The summed E-state index contributed by atoms with van der Waals surface area (Å²) in [6.07, 6.45) is -0.0374. The van der Waals surface area contributed by atoms with E-state index in [-0.39, 0.29) is 18.2 Å². The van der Waals surface area contributed by atoms with Crippen molar-refractivity contribution < 1.29 is 18.0 Å². The SMILES string of the molecule is CCCCc1nnc(NC(=O)N(Cc2ccccc2C(F)(F)F)C2CC2)s1. The van der Waals surface area contributed by atoms with Crippen LogP contribution in [0.25, 0.3) is 0 Å². The Morgan fingerprint density at radius 3 is 2.70 bits per heavy atom. The number of carbonyl (C=O) groups is 1. The molecule has 0 radical (unpaired) electrons. The molecule has 1 aliphatic rings. The maximum Gasteiger partial charge on any atom is 0.416 e. The zero-order valence-electron chi connectivity index (χ0n) is 14.9. The molecule has 0 saturated heterocycles. The third kappa shape index (κ3) is 5.18. The summed E-state index contributed by atoms with van der Waals surface area (Å²) in [7, 11) is 0. The molecule has 0 bridgehead atoms. The third-order valence-corrected chi connectivity index (χ3v) is 5.24. The summed E-state index contributed by atoms with van der Waals surface area (Å²) in [4.78, 5) is 14.1. The van der Waals surface area contributed by atoms with Crippen LogP contribution in [0.5, 0.6) is 0 Å². The molecule has 1 N–H and O–H groups in total. The van der Waals surface area contributed by atoms with Crippen molar-refractivity contribution in [3.63, 3.8) is 0 Å². The lowest BCUT2D eigenvalue weighted by Crippen LogP contribution is -2.36. The summed E-state index contributed by atoms with van der Waals surface area (Å²) >= 11 is 1.30. The number of carbonyl (C=O) groups excluding carboxylic acids is 1. The number of hydrogen-bond acceptors (Lipinski definition) is 4. The highest BCUT2D eigenvalue weighted by Crippen LogP contribution is 2.35. The van der Waals surface area contributed by atoms with Crippen LogP contribution >= 0.6 is 11.3 Å². The Kier molecular flexibility index (Phi) is 5.98. The van der Waals surface area contributed by atoms with E-state index in [0.717, 1.165) is 43.2 Å². The number of hydrogen-bond donors (Lipinski definition) is 1. The molecule has 1 saturated carbocycles. The maximum absolute atomic E-state index is 13.2. The highest BCUT2D eigenvalue weighted by atomic mass is 32.1. The van der Waals surface area contributed by atoms with Crippen LogP contribution in [0.3, 0.4) is 0 Å². The first-order chi connectivity index (χ1) is 12.9. The number of benzene rings is 1. The van der Waals surface area contributed by atoms with E-state index in [9.17, 15) is 18.0 Å². The molecule has 27 heavy (non-hydrogen) atoms. The van der Waals surface area contributed by atoms with Crippen molar-refractivity contribution in [2.24, 2.45) is 0 Å². The summed E-state index contributed by atoms with van der Waals surface area (Å²) in [5.41, 5.74) is -0.617. The Bertz CT molecular complexity index is 789. The summed E-state index contributed by atoms with van der Waals surface area (Å²) < 4.78 is 39.7. The molecular weight excluding hydrogens is 377 g/mol. The van der Waals surface area contributed by atoms with Crippen molar-refractivity contribution in [1.29, 1.82) is 0 Å². The van der Waals surface area contributed by atoms with E-state index in [1.165, 1.54) is 28.4 Å². The minimum Gasteiger partial charge on any atom is -0.317 e. The zero-order valence-corrected chi connectivity index (χ0v) is 15.7. The number of halogens is 3. The number of amides is 2. The summed E-state index contributed by atoms with van der Waals surface area (Å²) in [5, 5.41) is 11.9. The molecule has 1 fully saturated rings. The first-order valence-electron chi connectivity index (χ1n) is 8.93. The highest BCUT2D eigenvalue weighted by Gasteiger charge is 2.37. The van der Waals surface area contributed by atoms with Crippen molar-refractivity contribution in [3.05, 3.63) is 40.4 Å². The molecule has 1 aromatic heterocycles. The molecule has 2 aromatic rings. The number of nitrogens with one attached hydrogen (secondary N) is 1. The molecule has 146 valence electrons. The van der Waals surface area contributed by atoms with Gasteiger partial charge in [0.1, 0.15) is 5.01 Å². The molecule has 0 aliphatic heterocycles. The molecule has 0 atom stereocenters. The van der Waals surface area contributed by atoms with Gasteiger partial charge in [-0.1, -0.05) is 42.9 Å². The fourth-order valence-corrected chi connectivity index (χ4v) is 3.54. The van der Waals surface area contributed by atoms with Crippen molar-refractivity contribution in [2.75, 3.05) is 5.32 Å². The van der Waals surface area contributed by atoms with Crippen LogP contribution in [0.1, 0.15) is 48.7 Å². The predicted octanol–water partition coefficient (Wildman–Crippen LogP) is 5.10. The minimum absolute atomic E-state index is 0.0428. The van der Waals surface area contributed by atoms with Crippen molar-refractivity contribution in [3.8, 4) is 0 Å². The molecule has 1 heterocycles. The Morgan fingerprint density at radius 1 is 1.30 bits per heavy atom. The molecule has 5 nitrogen and oxygen atoms in total. The number of aromatic nitrogens is 2. The normalized spacial score (nSPS) is 14.2. The Balaban J connectivity index is 1.71. The summed E-state index contributed by atoms with van der Waals surface area (Å²) in [6, 6.07) is 4.89. The van der Waals surface area contributed by atoms with Crippen LogP contribution < -0.4 is 5.32 Å². The van der Waals surface area contributed by atoms with Gasteiger partial charge in [0.15, 0.2) is 0 Å². The van der Waals surface area contributed by atoms with E-state index >= 15 is 0 Å². The number of anilines is 1. The Labute approximate surface area is 159 Å². The molecule has 3 rings (SSSR count). The summed E-state index contributed by atoms with van der Waals surface area (Å²) in [6.45, 7) is 1.99. The van der Waals surface area contributed by atoms with E-state index in [2.05, 4.69) is 22.4 Å². The predicted molar refractivity (Wildman–Crippen MR) is 97.5 cm³/mol.